The fourth-order valence-corrected chi connectivity index (χ4v) is 8.52. The lowest BCUT2D eigenvalue weighted by molar-refractivity contribution is 0.0697. The number of anilines is 1. The first kappa shape index (κ1) is 40.1. The number of aryl methyl sites for hydroxylation is 2. The van der Waals surface area contributed by atoms with E-state index in [0.29, 0.717) is 36.5 Å². The summed E-state index contributed by atoms with van der Waals surface area (Å²) in [6, 6.07) is 11.0. The summed E-state index contributed by atoms with van der Waals surface area (Å²) in [7, 11) is 0. The standard InChI is InChI=1S/C44H38F2N4O9S/c45-32-17-30-36(19-34(32)51)59-37-20-35(52)33(46)18-31(37)39(30)28-11-10-24(15-29(28)43(55)56)41(53)47-12-2-1-3-13-48-42(54)25-16-38(58-21-25)60-50-44(57)49-40-26-8-4-6-22(26)14-23-7-5-9-27(23)40/h10-11,14-21,51H,1-9,12-13H2,(H,47,53)(H,48,54)(H,55,56)(H2,49,50,57). The fraction of sp³-hybridized carbons (Fsp3) is 0.250. The number of hydrogen-bond acceptors (Lipinski definition) is 9. The zero-order valence-electron chi connectivity index (χ0n) is 32.0. The zero-order chi connectivity index (χ0) is 42.1. The highest BCUT2D eigenvalue weighted by atomic mass is 32.2. The van der Waals surface area contributed by atoms with Crippen LogP contribution in [-0.2, 0) is 25.7 Å². The molecule has 0 bridgehead atoms. The number of aromatic carboxylic acids is 1. The van der Waals surface area contributed by atoms with Crippen LogP contribution in [0.1, 0.15) is 85.4 Å². The normalized spacial score (nSPS) is 13.0. The first-order valence-corrected chi connectivity index (χ1v) is 20.3. The van der Waals surface area contributed by atoms with Crippen molar-refractivity contribution in [2.45, 2.75) is 62.9 Å². The number of carboxylic acids is 1. The smallest absolute Gasteiger partial charge is 0.336 e. The quantitative estimate of drug-likeness (QED) is 0.0377. The number of phenolic OH excluding ortho intramolecular Hbond substituents is 1. The van der Waals surface area contributed by atoms with Crippen molar-refractivity contribution in [2.75, 3.05) is 18.4 Å². The Kier molecular flexibility index (Phi) is 11.3. The second kappa shape index (κ2) is 16.9. The van der Waals surface area contributed by atoms with Gasteiger partial charge < -0.3 is 35.0 Å². The van der Waals surface area contributed by atoms with Gasteiger partial charge in [0.1, 0.15) is 17.6 Å². The average molecular weight is 837 g/mol. The molecule has 4 aromatic rings. The number of urea groups is 1. The molecule has 0 saturated heterocycles. The van der Waals surface area contributed by atoms with Crippen LogP contribution < -0.4 is 26.1 Å². The van der Waals surface area contributed by atoms with Crippen molar-refractivity contribution in [1.29, 1.82) is 0 Å². The number of furan rings is 1. The number of amides is 4. The Labute approximate surface area is 345 Å². The zero-order valence-corrected chi connectivity index (χ0v) is 32.8. The molecule has 4 amide bonds. The predicted octanol–water partition coefficient (Wildman–Crippen LogP) is 7.98. The maximum absolute atomic E-state index is 14.6. The van der Waals surface area contributed by atoms with Gasteiger partial charge in [-0.2, -0.15) is 0 Å². The third-order valence-electron chi connectivity index (χ3n) is 10.8. The van der Waals surface area contributed by atoms with Crippen LogP contribution in [0.5, 0.6) is 5.75 Å². The molecule has 3 aliphatic carbocycles. The molecule has 2 heterocycles. The molecule has 60 heavy (non-hydrogen) atoms. The van der Waals surface area contributed by atoms with Gasteiger partial charge in [0, 0.05) is 71.0 Å². The van der Waals surface area contributed by atoms with Crippen molar-refractivity contribution < 1.29 is 47.0 Å². The Morgan fingerprint density at radius 2 is 1.47 bits per heavy atom. The molecule has 6 N–H and O–H groups in total. The lowest BCUT2D eigenvalue weighted by Gasteiger charge is -2.17. The van der Waals surface area contributed by atoms with Crippen LogP contribution in [0.3, 0.4) is 0 Å². The average Bonchev–Trinajstić information content (AvgIpc) is 4.02. The maximum Gasteiger partial charge on any atom is 0.336 e. The van der Waals surface area contributed by atoms with Crippen LogP contribution in [0.4, 0.5) is 19.3 Å². The van der Waals surface area contributed by atoms with Gasteiger partial charge in [-0.1, -0.05) is 12.1 Å². The number of unbranched alkanes of at least 4 members (excludes halogenated alkanes) is 2. The highest BCUT2D eigenvalue weighted by Gasteiger charge is 2.27. The molecule has 1 aliphatic heterocycles. The Balaban J connectivity index is 0.814. The van der Waals surface area contributed by atoms with Gasteiger partial charge in [0.05, 0.1) is 11.1 Å². The number of nitrogens with one attached hydrogen (secondary N) is 4. The number of carbonyl (C=O) groups excluding carboxylic acids is 3. The molecular weight excluding hydrogens is 799 g/mol. The predicted molar refractivity (Wildman–Crippen MR) is 219 cm³/mol. The van der Waals surface area contributed by atoms with Gasteiger partial charge >= 0.3 is 12.0 Å². The lowest BCUT2D eigenvalue weighted by Crippen LogP contribution is -2.26. The summed E-state index contributed by atoms with van der Waals surface area (Å²) in [5.41, 5.74) is 4.94. The second-order valence-corrected chi connectivity index (χ2v) is 15.6. The van der Waals surface area contributed by atoms with E-state index < -0.39 is 34.7 Å². The molecule has 0 unspecified atom stereocenters. The summed E-state index contributed by atoms with van der Waals surface area (Å²) < 4.78 is 43.0. The second-order valence-electron chi connectivity index (χ2n) is 14.7. The topological polar surface area (TPSA) is 200 Å². The lowest BCUT2D eigenvalue weighted by atomic mass is 9.89. The van der Waals surface area contributed by atoms with Crippen LogP contribution in [0.2, 0.25) is 0 Å². The summed E-state index contributed by atoms with van der Waals surface area (Å²) in [5, 5.41) is 29.1. The van der Waals surface area contributed by atoms with Gasteiger partial charge in [-0.25, -0.2) is 18.4 Å². The van der Waals surface area contributed by atoms with Crippen LogP contribution in [0, 0.1) is 11.6 Å². The molecule has 0 atom stereocenters. The maximum atomic E-state index is 14.6. The summed E-state index contributed by atoms with van der Waals surface area (Å²) in [6.07, 6.45) is 9.26. The summed E-state index contributed by atoms with van der Waals surface area (Å²) in [5.74, 6) is -5.38. The Hall–Kier alpha value is -6.68. The summed E-state index contributed by atoms with van der Waals surface area (Å²) >= 11 is 0.977. The molecule has 0 saturated carbocycles. The Morgan fingerprint density at radius 1 is 0.767 bits per heavy atom. The number of carbonyl (C=O) groups is 4. The first-order chi connectivity index (χ1) is 28.9. The Bertz CT molecular complexity index is 2710. The molecule has 8 rings (SSSR count). The highest BCUT2D eigenvalue weighted by molar-refractivity contribution is 7.97. The van der Waals surface area contributed by atoms with E-state index in [9.17, 15) is 43.0 Å². The minimum Gasteiger partial charge on any atom is -0.505 e. The molecule has 0 fully saturated rings. The molecule has 0 spiro atoms. The Morgan fingerprint density at radius 3 is 2.17 bits per heavy atom. The van der Waals surface area contributed by atoms with Crippen molar-refractivity contribution in [3.63, 3.8) is 0 Å². The SMILES string of the molecule is O=C(NSc1cc(C(=O)NCCCCCNC(=O)c2ccc(-c3c4cc(F)c(=O)cc-4oc4cc(O)c(F)cc34)c(C(=O)O)c2)co1)Nc1c2c(cc3c1CCC3)CCC2. The van der Waals surface area contributed by atoms with Crippen LogP contribution >= 0.6 is 11.9 Å². The number of hydrogen-bond donors (Lipinski definition) is 6. The van der Waals surface area contributed by atoms with Gasteiger partial charge in [-0.15, -0.1) is 0 Å². The van der Waals surface area contributed by atoms with Gasteiger partial charge in [-0.3, -0.25) is 19.1 Å². The van der Waals surface area contributed by atoms with Crippen LogP contribution in [0.25, 0.3) is 33.4 Å². The number of phenols is 1. The van der Waals surface area contributed by atoms with Crippen molar-refractivity contribution in [1.82, 2.24) is 15.4 Å². The minimum atomic E-state index is -1.43. The minimum absolute atomic E-state index is 0.00205. The van der Waals surface area contributed by atoms with Crippen molar-refractivity contribution in [3.8, 4) is 28.2 Å². The number of rotatable bonds is 13. The van der Waals surface area contributed by atoms with E-state index in [-0.39, 0.29) is 63.0 Å². The van der Waals surface area contributed by atoms with E-state index in [1.54, 1.807) is 6.07 Å². The number of fused-ring (bicyclic) bond motifs is 4. The van der Waals surface area contributed by atoms with E-state index in [2.05, 4.69) is 26.7 Å². The number of aromatic hydroxyl groups is 1. The fourth-order valence-electron chi connectivity index (χ4n) is 8.00. The van der Waals surface area contributed by atoms with Gasteiger partial charge in [0.25, 0.3) is 11.8 Å². The van der Waals surface area contributed by atoms with E-state index in [1.807, 2.05) is 0 Å². The van der Waals surface area contributed by atoms with Gasteiger partial charge in [0.2, 0.25) is 5.43 Å². The summed E-state index contributed by atoms with van der Waals surface area (Å²) in [6.45, 7) is 0.611. The van der Waals surface area contributed by atoms with Crippen LogP contribution in [-0.4, -0.2) is 47.1 Å². The molecule has 4 aliphatic rings. The molecule has 0 radical (unpaired) electrons. The first-order valence-electron chi connectivity index (χ1n) is 19.5. The molecule has 1 aromatic heterocycles. The van der Waals surface area contributed by atoms with E-state index in [1.165, 1.54) is 40.6 Å². The van der Waals surface area contributed by atoms with Crippen molar-refractivity contribution in [3.05, 3.63) is 122 Å². The monoisotopic (exact) mass is 836 g/mol. The molecule has 308 valence electrons. The molecule has 16 heteroatoms. The molecule has 13 nitrogen and oxygen atoms in total. The third-order valence-corrected chi connectivity index (χ3v) is 11.5. The highest BCUT2D eigenvalue weighted by Crippen LogP contribution is 2.43. The molecule has 3 aromatic carbocycles. The van der Waals surface area contributed by atoms with E-state index >= 15 is 0 Å². The van der Waals surface area contributed by atoms with Gasteiger partial charge in [0.15, 0.2) is 22.5 Å². The number of benzene rings is 4. The van der Waals surface area contributed by atoms with Gasteiger partial charge in [-0.05, 0) is 110 Å². The van der Waals surface area contributed by atoms with Crippen molar-refractivity contribution in [2.24, 2.45) is 0 Å². The molecular formula is C44H38F2N4O9S. The third kappa shape index (κ3) is 8.14. The van der Waals surface area contributed by atoms with Crippen molar-refractivity contribution >= 4 is 52.4 Å². The summed E-state index contributed by atoms with van der Waals surface area (Å²) in [4.78, 5) is 63.2. The van der Waals surface area contributed by atoms with Crippen LogP contribution in [0.15, 0.2) is 79.6 Å². The van der Waals surface area contributed by atoms with E-state index in [0.717, 1.165) is 86.5 Å². The largest absolute Gasteiger partial charge is 0.505 e. The number of halogens is 2. The van der Waals surface area contributed by atoms with E-state index in [4.69, 9.17) is 8.83 Å². The number of carboxylic acid groups (broad SMARTS) is 1.